The number of nitrogens with zero attached hydrogens (tertiary/aromatic N) is 5. The first-order valence-corrected chi connectivity index (χ1v) is 30.1. The van der Waals surface area contributed by atoms with Crippen molar-refractivity contribution in [2.45, 2.75) is 154 Å². The number of hydrogen-bond donors (Lipinski definition) is 5. The first kappa shape index (κ1) is 66.3. The van der Waals surface area contributed by atoms with Gasteiger partial charge < -0.3 is 68.0 Å². The number of aliphatic hydroxyl groups excluding tert-OH is 1. The summed E-state index contributed by atoms with van der Waals surface area (Å²) in [6.45, 7) is 16.3. The van der Waals surface area contributed by atoms with Crippen LogP contribution < -0.4 is 46.6 Å². The summed E-state index contributed by atoms with van der Waals surface area (Å²) in [6.07, 6.45) is -2.99. The molecule has 2 unspecified atom stereocenters. The average molecular weight is 1240 g/mol. The number of fused-ring (bicyclic) bond motifs is 2. The second-order valence-corrected chi connectivity index (χ2v) is 24.5. The molecule has 3 aromatic carbocycles. The molecule has 0 saturated carbocycles. The van der Waals surface area contributed by atoms with E-state index >= 15 is 0 Å². The van der Waals surface area contributed by atoms with Gasteiger partial charge in [0.25, 0.3) is 5.69 Å². The normalized spacial score (nSPS) is 24.4. The Morgan fingerprint density at radius 2 is 1.01 bits per heavy atom. The Bertz CT molecular complexity index is 3340. The number of carbonyl (C=O) groups is 2. The van der Waals surface area contributed by atoms with E-state index in [1.54, 1.807) is 116 Å². The Labute approximate surface area is 493 Å². The number of nitrogens with two attached hydrogens (primary N) is 2. The zero-order valence-corrected chi connectivity index (χ0v) is 50.4. The molecule has 32 heteroatoms. The van der Waals surface area contributed by atoms with Crippen LogP contribution in [0.15, 0.2) is 119 Å². The van der Waals surface area contributed by atoms with Crippen LogP contribution in [0.5, 0.6) is 17.2 Å². The van der Waals surface area contributed by atoms with Gasteiger partial charge in [-0.1, -0.05) is 36.4 Å². The minimum Gasteiger partial charge on any atom is -0.462 e. The number of carbonyl (C=O) groups excluding carboxylic acids is 2. The van der Waals surface area contributed by atoms with E-state index in [2.05, 4.69) is 20.1 Å². The van der Waals surface area contributed by atoms with Gasteiger partial charge in [-0.2, -0.15) is 20.1 Å². The zero-order chi connectivity index (χ0) is 62.9. The molecule has 0 amide bonds. The molecule has 0 radical (unpaired) electrons. The maximum absolute atomic E-state index is 13.8. The first-order valence-electron chi connectivity index (χ1n) is 27.0. The molecule has 0 bridgehead atoms. The summed E-state index contributed by atoms with van der Waals surface area (Å²) in [5.74, 6) is -2.21. The van der Waals surface area contributed by atoms with E-state index in [1.165, 1.54) is 71.8 Å². The van der Waals surface area contributed by atoms with Crippen molar-refractivity contribution < 1.29 is 84.7 Å². The number of benzene rings is 3. The van der Waals surface area contributed by atoms with Crippen LogP contribution in [0.2, 0.25) is 0 Å². The maximum Gasteiger partial charge on any atom is 0.513 e. The van der Waals surface area contributed by atoms with Crippen LogP contribution in [0.1, 0.15) is 81.7 Å². The molecule has 86 heavy (non-hydrogen) atoms. The molecular formula is C54H71N9O21P2. The molecule has 30 nitrogen and oxygen atoms in total. The Balaban J connectivity index is 0.000000194. The molecule has 2 aromatic heterocycles. The summed E-state index contributed by atoms with van der Waals surface area (Å²) in [7, 11) is -8.22. The van der Waals surface area contributed by atoms with Gasteiger partial charge in [0.1, 0.15) is 77.6 Å². The Morgan fingerprint density at radius 1 is 0.628 bits per heavy atom. The number of nitrogen functional groups attached to an aromatic ring is 2. The minimum absolute atomic E-state index is 0.0692. The highest BCUT2D eigenvalue weighted by Crippen LogP contribution is 2.49. The van der Waals surface area contributed by atoms with Crippen LogP contribution in [0.3, 0.4) is 0 Å². The second kappa shape index (κ2) is 28.1. The fourth-order valence-electron chi connectivity index (χ4n) is 8.88. The number of nitrogens with one attached hydrogen (secondary N) is 2. The summed E-state index contributed by atoms with van der Waals surface area (Å²) < 4.78 is 97.7. The number of aliphatic hydroxyl groups is 1. The van der Waals surface area contributed by atoms with Crippen LogP contribution in [0, 0.1) is 10.1 Å². The molecule has 4 aliphatic heterocycles. The van der Waals surface area contributed by atoms with Crippen molar-refractivity contribution in [3.8, 4) is 17.2 Å². The van der Waals surface area contributed by atoms with Gasteiger partial charge in [-0.05, 0) is 118 Å². The third-order valence-electron chi connectivity index (χ3n) is 12.4. The topological polar surface area (TPSA) is 388 Å². The fourth-order valence-corrected chi connectivity index (χ4v) is 11.9. The number of non-ortho nitro benzene ring substituents is 1. The Morgan fingerprint density at radius 3 is 1.42 bits per heavy atom. The molecule has 4 saturated heterocycles. The van der Waals surface area contributed by atoms with Crippen LogP contribution in [-0.2, 0) is 61.1 Å². The lowest BCUT2D eigenvalue weighted by Gasteiger charge is -2.27. The molecule has 4 fully saturated rings. The van der Waals surface area contributed by atoms with Crippen molar-refractivity contribution in [1.29, 1.82) is 0 Å². The van der Waals surface area contributed by atoms with E-state index in [9.17, 15) is 43.5 Å². The Kier molecular flexibility index (Phi) is 21.7. The van der Waals surface area contributed by atoms with E-state index in [0.717, 1.165) is 0 Å². The van der Waals surface area contributed by atoms with E-state index in [1.807, 2.05) is 0 Å². The summed E-state index contributed by atoms with van der Waals surface area (Å²) in [5, 5.41) is 25.3. The van der Waals surface area contributed by atoms with Crippen molar-refractivity contribution in [3.63, 3.8) is 0 Å². The monoisotopic (exact) mass is 1240 g/mol. The summed E-state index contributed by atoms with van der Waals surface area (Å²) >= 11 is 0. The molecule has 6 heterocycles. The maximum atomic E-state index is 13.8. The number of esters is 2. The summed E-state index contributed by atoms with van der Waals surface area (Å²) in [6, 6.07) is 22.6. The molecule has 0 aliphatic carbocycles. The smallest absolute Gasteiger partial charge is 0.462 e. The number of nitro groups is 1. The lowest BCUT2D eigenvalue weighted by Crippen LogP contribution is -2.38. The van der Waals surface area contributed by atoms with E-state index in [4.69, 9.17) is 67.5 Å². The van der Waals surface area contributed by atoms with Gasteiger partial charge in [0.2, 0.25) is 0 Å². The number of aromatic nitrogens is 4. The molecule has 5 aromatic rings. The fraction of sp³-hybridized carbons (Fsp3) is 0.481. The summed E-state index contributed by atoms with van der Waals surface area (Å²) in [4.78, 5) is 66.5. The predicted molar refractivity (Wildman–Crippen MR) is 305 cm³/mol. The predicted octanol–water partition coefficient (Wildman–Crippen LogP) is 5.70. The molecule has 9 rings (SSSR count). The van der Waals surface area contributed by atoms with Crippen molar-refractivity contribution in [2.75, 3.05) is 24.7 Å². The molecule has 7 N–H and O–H groups in total. The number of hydrogen-bond acceptors (Lipinski definition) is 25. The standard InChI is InChI=1S/C24H33N4O9P.C18H21N2O7P.C12H17N3O5/c1-14(2)33-22(29)15(3)27-38(31,37-16-9-7-6-8-10-16)32-13-17-19-20(36-24(4,5)35-19)21(34-17)28-12-11-18(25)26-23(28)30;1-13(2)25-18(21)14(3)19-28(24,26-16-7-5-4-6-8-16)27-17-11-9-15(10-12-17)20(22)23;1-12(2)19-8-6(5-16)18-10(9(8)20-12)15-4-3-7(13)14-11(15)17/h6-12,14-15,17,19-21H,13H2,1-5H3,(H,27,31)(H2,25,26,30);4-14H,1-3H3,(H,19,24);3-4,6,8-10,16H,5H2,1-2H3,(H2,13,14,17)/t15-,17+,19+,20+,21+,38?;14-,28?;6-,8-,9-,10-/m001/s1. The van der Waals surface area contributed by atoms with Gasteiger partial charge in [0.05, 0.1) is 30.3 Å². The van der Waals surface area contributed by atoms with Gasteiger partial charge in [-0.3, -0.25) is 33.4 Å². The quantitative estimate of drug-likeness (QED) is 0.0254. The second-order valence-electron chi connectivity index (χ2n) is 21.1. The molecule has 4 aliphatic rings. The SMILES string of the molecule is CC(C)OC(=O)[C@H](C)NP(=O)(OC[C@H]1O[C@@H](n2ccc(N)nc2=O)[C@@H]2OC(C)(C)O[C@@H]21)Oc1ccccc1.CC(C)OC(=O)[C@H](C)NP(=O)(Oc1ccccc1)Oc1ccc([N+](=O)[O-])cc1.CC1(C)O[C@@H]2[C@H](O1)[C@@H](CO)O[C@H]2n1ccc(N)nc1=O. The molecule has 12 atom stereocenters. The Hall–Kier alpha value is -7.18. The lowest BCUT2D eigenvalue weighted by molar-refractivity contribution is -0.384. The third-order valence-corrected chi connectivity index (χ3v) is 15.7. The number of ether oxygens (including phenoxy) is 8. The number of para-hydroxylation sites is 2. The molecule has 468 valence electrons. The van der Waals surface area contributed by atoms with Gasteiger partial charge in [-0.15, -0.1) is 0 Å². The van der Waals surface area contributed by atoms with Gasteiger partial charge in [0.15, 0.2) is 24.0 Å². The largest absolute Gasteiger partial charge is 0.513 e. The van der Waals surface area contributed by atoms with E-state index in [-0.39, 0.29) is 60.0 Å². The van der Waals surface area contributed by atoms with Crippen LogP contribution in [0.25, 0.3) is 0 Å². The molecular weight excluding hydrogens is 1170 g/mol. The first-order chi connectivity index (χ1) is 40.4. The number of nitro benzene ring substituents is 1. The van der Waals surface area contributed by atoms with Crippen molar-refractivity contribution >= 4 is 44.8 Å². The zero-order valence-electron chi connectivity index (χ0n) is 48.6. The number of rotatable bonds is 21. The highest BCUT2D eigenvalue weighted by atomic mass is 31.2. The van der Waals surface area contributed by atoms with Gasteiger partial charge in [0, 0.05) is 24.5 Å². The van der Waals surface area contributed by atoms with Crippen molar-refractivity contribution in [1.82, 2.24) is 29.3 Å². The average Bonchev–Trinajstić information content (AvgIpc) is 1.93. The summed E-state index contributed by atoms with van der Waals surface area (Å²) in [5.41, 5.74) is 9.80. The van der Waals surface area contributed by atoms with Crippen molar-refractivity contribution in [2.24, 2.45) is 0 Å². The van der Waals surface area contributed by atoms with E-state index in [0.29, 0.717) is 0 Å². The van der Waals surface area contributed by atoms with Crippen molar-refractivity contribution in [3.05, 3.63) is 141 Å². The van der Waals surface area contributed by atoms with Crippen LogP contribution in [0.4, 0.5) is 17.3 Å². The van der Waals surface area contributed by atoms with E-state index < -0.39 is 116 Å². The highest BCUT2D eigenvalue weighted by molar-refractivity contribution is 7.52. The number of anilines is 2. The van der Waals surface area contributed by atoms with Gasteiger partial charge in [-0.25, -0.2) is 18.7 Å². The molecule has 0 spiro atoms. The van der Waals surface area contributed by atoms with Crippen LogP contribution in [-0.4, -0.2) is 127 Å². The third kappa shape index (κ3) is 17.7. The van der Waals surface area contributed by atoms with Gasteiger partial charge >= 0.3 is 38.8 Å². The highest BCUT2D eigenvalue weighted by Gasteiger charge is 2.58. The lowest BCUT2D eigenvalue weighted by atomic mass is 10.1. The van der Waals surface area contributed by atoms with Crippen LogP contribution >= 0.6 is 15.5 Å². The minimum atomic E-state index is -4.15.